The predicted octanol–water partition coefficient (Wildman–Crippen LogP) is 3.04. The number of hydrogen-bond donors (Lipinski definition) is 2. The molecule has 3 rings (SSSR count). The van der Waals surface area contributed by atoms with Crippen molar-refractivity contribution in [3.05, 3.63) is 78.6 Å². The minimum absolute atomic E-state index is 0.102. The van der Waals surface area contributed by atoms with Crippen LogP contribution in [-0.4, -0.2) is 37.6 Å². The van der Waals surface area contributed by atoms with E-state index >= 15 is 0 Å². The number of nitrogens with zero attached hydrogens (tertiary/aromatic N) is 3. The molecule has 0 aliphatic carbocycles. The third kappa shape index (κ3) is 6.41. The Labute approximate surface area is 178 Å². The summed E-state index contributed by atoms with van der Waals surface area (Å²) in [5.74, 6) is -0.700. The summed E-state index contributed by atoms with van der Waals surface area (Å²) in [6.45, 7) is 2.20. The van der Waals surface area contributed by atoms with Gasteiger partial charge in [-0.3, -0.25) is 14.3 Å². The summed E-state index contributed by atoms with van der Waals surface area (Å²) >= 11 is 1.23. The van der Waals surface area contributed by atoms with E-state index in [1.165, 1.54) is 42.4 Å². The van der Waals surface area contributed by atoms with Gasteiger partial charge in [0.25, 0.3) is 0 Å². The number of hydrogen-bond acceptors (Lipinski definition) is 5. The van der Waals surface area contributed by atoms with Gasteiger partial charge in [0.1, 0.15) is 18.5 Å². The molecule has 0 fully saturated rings. The Morgan fingerprint density at radius 1 is 1.13 bits per heavy atom. The van der Waals surface area contributed by atoms with Gasteiger partial charge in [-0.15, -0.1) is 11.8 Å². The van der Waals surface area contributed by atoms with Crippen LogP contribution in [0, 0.1) is 5.82 Å². The average molecular weight is 428 g/mol. The number of thioether (sulfide) groups is 1. The summed E-state index contributed by atoms with van der Waals surface area (Å²) < 4.78 is 14.6. The number of carbonyl (C=O) groups is 2. The van der Waals surface area contributed by atoms with Crippen LogP contribution in [0.1, 0.15) is 18.5 Å². The quantitative estimate of drug-likeness (QED) is 0.548. The first-order valence-corrected chi connectivity index (χ1v) is 10.4. The van der Waals surface area contributed by atoms with E-state index < -0.39 is 5.25 Å². The fourth-order valence-electron chi connectivity index (χ4n) is 2.73. The highest BCUT2D eigenvalue weighted by atomic mass is 32.2. The van der Waals surface area contributed by atoms with E-state index in [4.69, 9.17) is 0 Å². The fourth-order valence-corrected chi connectivity index (χ4v) is 3.42. The Hall–Kier alpha value is -3.20. The van der Waals surface area contributed by atoms with E-state index in [1.807, 2.05) is 30.3 Å². The molecule has 0 radical (unpaired) electrons. The Bertz CT molecular complexity index is 951. The van der Waals surface area contributed by atoms with E-state index in [0.29, 0.717) is 12.2 Å². The average Bonchev–Trinajstić information content (AvgIpc) is 3.27. The smallest absolute Gasteiger partial charge is 0.234 e. The molecule has 0 aliphatic heterocycles. The molecule has 0 spiro atoms. The van der Waals surface area contributed by atoms with Gasteiger partial charge in [0.15, 0.2) is 0 Å². The topological polar surface area (TPSA) is 88.9 Å². The fraction of sp³-hybridized carbons (Fsp3) is 0.238. The molecule has 0 bridgehead atoms. The minimum Gasteiger partial charge on any atom is -0.346 e. The lowest BCUT2D eigenvalue weighted by Gasteiger charge is -2.21. The standard InChI is InChI=1S/C21H22FN5O2S/c1-15(30-12-20(28)25-18-9-7-17(22)8-10-18)21(29)26-19(11-27-14-23-13-24-27)16-5-3-2-4-6-16/h2-10,13-15,19H,11-12H2,1H3,(H,25,28)(H,26,29). The molecule has 0 saturated heterocycles. The first-order chi connectivity index (χ1) is 14.5. The number of rotatable bonds is 9. The van der Waals surface area contributed by atoms with Crippen LogP contribution in [0.15, 0.2) is 67.3 Å². The lowest BCUT2D eigenvalue weighted by molar-refractivity contribution is -0.121. The first-order valence-electron chi connectivity index (χ1n) is 9.36. The second-order valence-electron chi connectivity index (χ2n) is 6.60. The van der Waals surface area contributed by atoms with Gasteiger partial charge >= 0.3 is 0 Å². The second kappa shape index (κ2) is 10.5. The zero-order valence-electron chi connectivity index (χ0n) is 16.4. The zero-order chi connectivity index (χ0) is 21.3. The summed E-state index contributed by atoms with van der Waals surface area (Å²) in [5.41, 5.74) is 1.46. The largest absolute Gasteiger partial charge is 0.346 e. The van der Waals surface area contributed by atoms with Gasteiger partial charge < -0.3 is 10.6 Å². The van der Waals surface area contributed by atoms with E-state index in [9.17, 15) is 14.0 Å². The summed E-state index contributed by atoms with van der Waals surface area (Å²) in [4.78, 5) is 28.8. The molecule has 7 nitrogen and oxygen atoms in total. The molecule has 0 saturated carbocycles. The van der Waals surface area contributed by atoms with Gasteiger partial charge in [-0.05, 0) is 36.8 Å². The van der Waals surface area contributed by atoms with Crippen molar-refractivity contribution < 1.29 is 14.0 Å². The van der Waals surface area contributed by atoms with Crippen molar-refractivity contribution in [1.29, 1.82) is 0 Å². The Morgan fingerprint density at radius 2 is 1.87 bits per heavy atom. The van der Waals surface area contributed by atoms with Crippen LogP contribution in [0.5, 0.6) is 0 Å². The lowest BCUT2D eigenvalue weighted by atomic mass is 10.1. The summed E-state index contributed by atoms with van der Waals surface area (Å²) in [6, 6.07) is 14.9. The SMILES string of the molecule is CC(SCC(=O)Nc1ccc(F)cc1)C(=O)NC(Cn1cncn1)c1ccccc1. The van der Waals surface area contributed by atoms with Crippen LogP contribution >= 0.6 is 11.8 Å². The zero-order valence-corrected chi connectivity index (χ0v) is 17.2. The highest BCUT2D eigenvalue weighted by Crippen LogP contribution is 2.18. The summed E-state index contributed by atoms with van der Waals surface area (Å²) in [6.07, 6.45) is 3.04. The van der Waals surface area contributed by atoms with Crippen molar-refractivity contribution in [2.24, 2.45) is 0 Å². The van der Waals surface area contributed by atoms with Crippen LogP contribution in [-0.2, 0) is 16.1 Å². The van der Waals surface area contributed by atoms with Gasteiger partial charge in [0, 0.05) is 5.69 Å². The molecule has 0 aliphatic rings. The van der Waals surface area contributed by atoms with Crippen molar-refractivity contribution in [3.63, 3.8) is 0 Å². The van der Waals surface area contributed by atoms with Crippen LogP contribution in [0.4, 0.5) is 10.1 Å². The molecule has 2 atom stereocenters. The molecule has 2 amide bonds. The first kappa shape index (κ1) is 21.5. The van der Waals surface area contributed by atoms with E-state index in [2.05, 4.69) is 20.7 Å². The van der Waals surface area contributed by atoms with Gasteiger partial charge in [-0.25, -0.2) is 9.37 Å². The molecule has 3 aromatic rings. The molecule has 9 heteroatoms. The molecule has 2 unspecified atom stereocenters. The van der Waals surface area contributed by atoms with Crippen molar-refractivity contribution in [1.82, 2.24) is 20.1 Å². The molecular weight excluding hydrogens is 405 g/mol. The van der Waals surface area contributed by atoms with Gasteiger partial charge in [0.2, 0.25) is 11.8 Å². The highest BCUT2D eigenvalue weighted by Gasteiger charge is 2.21. The van der Waals surface area contributed by atoms with Crippen molar-refractivity contribution >= 4 is 29.3 Å². The maximum atomic E-state index is 12.9. The Kier molecular flexibility index (Phi) is 7.56. The third-order valence-electron chi connectivity index (χ3n) is 4.32. The summed E-state index contributed by atoms with van der Waals surface area (Å²) in [7, 11) is 0. The number of benzene rings is 2. The van der Waals surface area contributed by atoms with Crippen molar-refractivity contribution in [2.45, 2.75) is 24.8 Å². The van der Waals surface area contributed by atoms with E-state index in [0.717, 1.165) is 5.56 Å². The van der Waals surface area contributed by atoms with Crippen molar-refractivity contribution in [2.75, 3.05) is 11.1 Å². The van der Waals surface area contributed by atoms with Crippen LogP contribution in [0.2, 0.25) is 0 Å². The monoisotopic (exact) mass is 427 g/mol. The van der Waals surface area contributed by atoms with Crippen LogP contribution in [0.25, 0.3) is 0 Å². The van der Waals surface area contributed by atoms with Gasteiger partial charge in [-0.2, -0.15) is 5.10 Å². The Balaban J connectivity index is 1.54. The van der Waals surface area contributed by atoms with Crippen molar-refractivity contribution in [3.8, 4) is 0 Å². The number of aromatic nitrogens is 3. The van der Waals surface area contributed by atoms with E-state index in [1.54, 1.807) is 17.9 Å². The Morgan fingerprint density at radius 3 is 2.53 bits per heavy atom. The number of nitrogens with one attached hydrogen (secondary N) is 2. The van der Waals surface area contributed by atoms with Gasteiger partial charge in [0.05, 0.1) is 23.6 Å². The molecule has 30 heavy (non-hydrogen) atoms. The van der Waals surface area contributed by atoms with Gasteiger partial charge in [-0.1, -0.05) is 30.3 Å². The summed E-state index contributed by atoms with van der Waals surface area (Å²) in [5, 5.41) is 9.38. The number of carbonyl (C=O) groups excluding carboxylic acids is 2. The van der Waals surface area contributed by atoms with E-state index in [-0.39, 0.29) is 29.4 Å². The molecule has 1 aromatic heterocycles. The molecule has 156 valence electrons. The lowest BCUT2D eigenvalue weighted by Crippen LogP contribution is -2.37. The number of amides is 2. The molecule has 2 N–H and O–H groups in total. The predicted molar refractivity (Wildman–Crippen MR) is 114 cm³/mol. The number of halogens is 1. The number of anilines is 1. The molecular formula is C21H22FN5O2S. The maximum Gasteiger partial charge on any atom is 0.234 e. The third-order valence-corrected chi connectivity index (χ3v) is 5.46. The molecule has 2 aromatic carbocycles. The second-order valence-corrected chi connectivity index (χ2v) is 7.93. The molecule has 1 heterocycles. The minimum atomic E-state index is -0.439. The normalized spacial score (nSPS) is 12.7. The highest BCUT2D eigenvalue weighted by molar-refractivity contribution is 8.01. The maximum absolute atomic E-state index is 12.9. The van der Waals surface area contributed by atoms with Crippen LogP contribution < -0.4 is 10.6 Å². The van der Waals surface area contributed by atoms with Crippen LogP contribution in [0.3, 0.4) is 0 Å².